The van der Waals surface area contributed by atoms with Crippen LogP contribution in [0.2, 0.25) is 0 Å². The molecule has 0 heterocycles. The minimum Gasteiger partial charge on any atom is -0.455 e. The van der Waals surface area contributed by atoms with Gasteiger partial charge in [0.25, 0.3) is 10.1 Å². The molecule has 0 radical (unpaired) electrons. The Bertz CT molecular complexity index is 702. The van der Waals surface area contributed by atoms with E-state index in [0.29, 0.717) is 0 Å². The summed E-state index contributed by atoms with van der Waals surface area (Å²) in [5.41, 5.74) is -1.85. The Balaban J connectivity index is 2.77. The molecule has 0 aliphatic carbocycles. The highest BCUT2D eigenvalue weighted by molar-refractivity contribution is 7.86. The fourth-order valence-electron chi connectivity index (χ4n) is 1.39. The molecule has 126 valence electrons. The Morgan fingerprint density at radius 1 is 1.17 bits per heavy atom. The Labute approximate surface area is 133 Å². The zero-order valence-corrected chi connectivity index (χ0v) is 13.7. The second-order valence-corrected chi connectivity index (χ2v) is 7.02. The van der Waals surface area contributed by atoms with Crippen LogP contribution in [0.4, 0.5) is 0 Å². The van der Waals surface area contributed by atoms with Crippen LogP contribution in [0.15, 0.2) is 40.4 Å². The summed E-state index contributed by atoms with van der Waals surface area (Å²) in [5, 5.41) is 11.3. The number of Topliss-reactive ketones (excluding diaryl/α,β-unsaturated/α-hetero) is 1. The van der Waals surface area contributed by atoms with Gasteiger partial charge in [-0.1, -0.05) is 23.4 Å². The van der Waals surface area contributed by atoms with Crippen LogP contribution in [-0.2, 0) is 28.6 Å². The highest BCUT2D eigenvalue weighted by Crippen LogP contribution is 2.12. The lowest BCUT2D eigenvalue weighted by molar-refractivity contribution is -0.146. The lowest BCUT2D eigenvalue weighted by Crippen LogP contribution is -2.35. The fraction of sp³-hybridized carbons (Fsp3) is 0.357. The van der Waals surface area contributed by atoms with Crippen LogP contribution in [0.1, 0.15) is 20.8 Å². The molecule has 1 rings (SSSR count). The minimum absolute atomic E-state index is 0.146. The highest BCUT2D eigenvalue weighted by atomic mass is 32.2. The number of rotatable bonds is 6. The van der Waals surface area contributed by atoms with Crippen LogP contribution in [0.5, 0.6) is 0 Å². The smallest absolute Gasteiger partial charge is 0.364 e. The van der Waals surface area contributed by atoms with Crippen molar-refractivity contribution < 1.29 is 32.1 Å². The summed E-state index contributed by atoms with van der Waals surface area (Å²) in [6.45, 7) is 3.68. The lowest BCUT2D eigenvalue weighted by atomic mass is 10.2. The normalized spacial score (nSPS) is 12.7. The number of ether oxygens (including phenoxy) is 1. The summed E-state index contributed by atoms with van der Waals surface area (Å²) in [5.74, 6) is -2.30. The van der Waals surface area contributed by atoms with Gasteiger partial charge in [0.15, 0.2) is 0 Å². The van der Waals surface area contributed by atoms with Gasteiger partial charge in [-0.25, -0.2) is 4.79 Å². The molecule has 0 spiro atoms. The van der Waals surface area contributed by atoms with Crippen LogP contribution in [0.25, 0.3) is 0 Å². The summed E-state index contributed by atoms with van der Waals surface area (Å²) in [7, 11) is -4.17. The van der Waals surface area contributed by atoms with Gasteiger partial charge in [0.1, 0.15) is 12.2 Å². The molecule has 0 aliphatic rings. The predicted molar refractivity (Wildman–Crippen MR) is 79.7 cm³/mol. The van der Waals surface area contributed by atoms with Gasteiger partial charge < -0.3 is 9.94 Å². The third-order valence-corrected chi connectivity index (χ3v) is 3.61. The molecule has 0 amide bonds. The van der Waals surface area contributed by atoms with E-state index in [2.05, 4.69) is 9.34 Å². The molecular weight excluding hydrogens is 326 g/mol. The van der Waals surface area contributed by atoms with E-state index in [1.165, 1.54) is 24.3 Å². The summed E-state index contributed by atoms with van der Waals surface area (Å²) in [4.78, 5) is 23.3. The lowest BCUT2D eigenvalue weighted by Gasteiger charge is -2.19. The largest absolute Gasteiger partial charge is 0.455 e. The van der Waals surface area contributed by atoms with Gasteiger partial charge in [0, 0.05) is 0 Å². The Kier molecular flexibility index (Phi) is 5.99. The van der Waals surface area contributed by atoms with E-state index in [4.69, 9.17) is 9.94 Å². The molecule has 23 heavy (non-hydrogen) atoms. The number of ketones is 1. The maximum Gasteiger partial charge on any atom is 0.364 e. The topological polar surface area (TPSA) is 119 Å². The number of carbonyl (C=O) groups is 2. The van der Waals surface area contributed by atoms with E-state index in [0.717, 1.165) is 0 Å². The molecule has 0 saturated carbocycles. The van der Waals surface area contributed by atoms with Crippen molar-refractivity contribution in [2.45, 2.75) is 31.3 Å². The monoisotopic (exact) mass is 343 g/mol. The second-order valence-electron chi connectivity index (χ2n) is 5.40. The molecule has 1 aromatic rings. The van der Waals surface area contributed by atoms with E-state index >= 15 is 0 Å². The Morgan fingerprint density at radius 3 is 2.22 bits per heavy atom. The van der Waals surface area contributed by atoms with Crippen molar-refractivity contribution in [3.05, 3.63) is 30.3 Å². The van der Waals surface area contributed by atoms with E-state index in [1.54, 1.807) is 26.8 Å². The van der Waals surface area contributed by atoms with Gasteiger partial charge >= 0.3 is 5.97 Å². The summed E-state index contributed by atoms with van der Waals surface area (Å²) in [6, 6.07) is 7.16. The van der Waals surface area contributed by atoms with Crippen LogP contribution in [0.3, 0.4) is 0 Å². The average molecular weight is 343 g/mol. The molecule has 0 unspecified atom stereocenters. The van der Waals surface area contributed by atoms with Crippen LogP contribution < -0.4 is 0 Å². The molecular formula is C14H17NO7S. The van der Waals surface area contributed by atoms with Crippen molar-refractivity contribution >= 4 is 27.6 Å². The van der Waals surface area contributed by atoms with Crippen molar-refractivity contribution in [1.82, 2.24) is 0 Å². The third-order valence-electron chi connectivity index (χ3n) is 2.33. The van der Waals surface area contributed by atoms with Crippen LogP contribution >= 0.6 is 0 Å². The predicted octanol–water partition coefficient (Wildman–Crippen LogP) is 1.13. The van der Waals surface area contributed by atoms with Gasteiger partial charge in [0.2, 0.25) is 11.5 Å². The van der Waals surface area contributed by atoms with Crippen molar-refractivity contribution in [2.75, 3.05) is 6.61 Å². The van der Waals surface area contributed by atoms with E-state index in [1.807, 2.05) is 0 Å². The van der Waals surface area contributed by atoms with Gasteiger partial charge in [-0.15, -0.1) is 0 Å². The van der Waals surface area contributed by atoms with Crippen LogP contribution in [0, 0.1) is 0 Å². The van der Waals surface area contributed by atoms with Crippen molar-refractivity contribution in [3.63, 3.8) is 0 Å². The molecule has 9 heteroatoms. The average Bonchev–Trinajstić information content (AvgIpc) is 2.45. The summed E-state index contributed by atoms with van der Waals surface area (Å²) >= 11 is 0. The summed E-state index contributed by atoms with van der Waals surface area (Å²) in [6.07, 6.45) is 0. The first kappa shape index (κ1) is 18.8. The molecule has 0 saturated heterocycles. The standard InChI is InChI=1S/C14H17NO7S/c1-14(2,3)22-13(17)12(15-18)11(16)9-21-23(19,20)10-7-5-4-6-8-10/h4-8,18H,9H2,1-3H3. The maximum atomic E-state index is 11.9. The first-order chi connectivity index (χ1) is 10.6. The van der Waals surface area contributed by atoms with Crippen molar-refractivity contribution in [3.8, 4) is 0 Å². The number of benzene rings is 1. The fourth-order valence-corrected chi connectivity index (χ4v) is 2.28. The molecule has 1 N–H and O–H groups in total. The first-order valence-corrected chi connectivity index (χ1v) is 7.91. The number of oxime groups is 1. The zero-order chi connectivity index (χ0) is 17.7. The van der Waals surface area contributed by atoms with E-state index in [9.17, 15) is 18.0 Å². The summed E-state index contributed by atoms with van der Waals surface area (Å²) < 4.78 is 33.1. The molecule has 0 aliphatic heterocycles. The molecule has 0 aromatic heterocycles. The Hall–Kier alpha value is -2.26. The number of hydrogen-bond acceptors (Lipinski definition) is 8. The first-order valence-electron chi connectivity index (χ1n) is 6.50. The van der Waals surface area contributed by atoms with Crippen LogP contribution in [-0.4, -0.2) is 43.3 Å². The quantitative estimate of drug-likeness (QED) is 0.205. The maximum absolute atomic E-state index is 11.9. The molecule has 8 nitrogen and oxygen atoms in total. The van der Waals surface area contributed by atoms with Gasteiger partial charge in [-0.05, 0) is 32.9 Å². The number of hydrogen-bond donors (Lipinski definition) is 1. The minimum atomic E-state index is -4.17. The van der Waals surface area contributed by atoms with Crippen molar-refractivity contribution in [1.29, 1.82) is 0 Å². The van der Waals surface area contributed by atoms with E-state index < -0.39 is 39.8 Å². The SMILES string of the molecule is CC(C)(C)OC(=O)C(=NO)C(=O)COS(=O)(=O)c1ccccc1. The van der Waals surface area contributed by atoms with Crippen molar-refractivity contribution in [2.24, 2.45) is 5.16 Å². The third kappa shape index (κ3) is 5.80. The van der Waals surface area contributed by atoms with Gasteiger partial charge in [-0.3, -0.25) is 8.98 Å². The Morgan fingerprint density at radius 2 is 1.74 bits per heavy atom. The molecule has 1 aromatic carbocycles. The molecule has 0 fully saturated rings. The second kappa shape index (κ2) is 7.34. The molecule has 0 atom stereocenters. The number of esters is 1. The highest BCUT2D eigenvalue weighted by Gasteiger charge is 2.29. The number of carbonyl (C=O) groups excluding carboxylic acids is 2. The zero-order valence-electron chi connectivity index (χ0n) is 12.8. The van der Waals surface area contributed by atoms with Gasteiger partial charge in [-0.2, -0.15) is 8.42 Å². The van der Waals surface area contributed by atoms with Gasteiger partial charge in [0.05, 0.1) is 4.90 Å². The number of nitrogens with zero attached hydrogens (tertiary/aromatic N) is 1. The van der Waals surface area contributed by atoms with E-state index in [-0.39, 0.29) is 4.90 Å². The molecule has 0 bridgehead atoms.